The van der Waals surface area contributed by atoms with E-state index in [4.69, 9.17) is 9.78 Å². The molecule has 0 saturated heterocycles. The first-order chi connectivity index (χ1) is 8.29. The van der Waals surface area contributed by atoms with Gasteiger partial charge in [0.2, 0.25) is 5.89 Å². The van der Waals surface area contributed by atoms with Crippen LogP contribution in [-0.4, -0.2) is 21.3 Å². The van der Waals surface area contributed by atoms with Crippen LogP contribution in [0.4, 0.5) is 0 Å². The van der Waals surface area contributed by atoms with Crippen molar-refractivity contribution in [3.8, 4) is 6.07 Å². The number of aryl methyl sites for hydroxylation is 1. The van der Waals surface area contributed by atoms with Crippen molar-refractivity contribution in [2.45, 2.75) is 13.0 Å². The smallest absolute Gasteiger partial charge is 0.227 e. The number of nitrogens with one attached hydrogen (secondary N) is 1. The van der Waals surface area contributed by atoms with Gasteiger partial charge in [-0.1, -0.05) is 5.16 Å². The van der Waals surface area contributed by atoms with E-state index in [2.05, 4.69) is 21.5 Å². The molecule has 0 spiro atoms. The highest BCUT2D eigenvalue weighted by Gasteiger charge is 2.02. The zero-order chi connectivity index (χ0) is 12.1. The second kappa shape index (κ2) is 5.27. The molecule has 2 heterocycles. The molecule has 0 atom stereocenters. The molecule has 0 aliphatic carbocycles. The highest BCUT2D eigenvalue weighted by atomic mass is 16.5. The Hall–Kier alpha value is -2.13. The zero-order valence-corrected chi connectivity index (χ0v) is 9.55. The molecule has 0 aliphatic rings. The maximum Gasteiger partial charge on any atom is 0.227 e. The van der Waals surface area contributed by atoms with Crippen LogP contribution in [-0.2, 0) is 20.0 Å². The number of hydrogen-bond acceptors (Lipinski definition) is 5. The largest absolute Gasteiger partial charge is 0.342 e. The van der Waals surface area contributed by atoms with Gasteiger partial charge in [0, 0.05) is 32.8 Å². The van der Waals surface area contributed by atoms with E-state index in [0.29, 0.717) is 18.0 Å². The standard InChI is InChI=1S/C11H13N5O/c1-16-7-9(4-10(16)5-12)6-13-3-2-11-14-8-15-17-11/h4,7-8,13H,2-3,6H2,1H3. The average molecular weight is 231 g/mol. The summed E-state index contributed by atoms with van der Waals surface area (Å²) >= 11 is 0. The molecule has 0 amide bonds. The molecule has 6 nitrogen and oxygen atoms in total. The highest BCUT2D eigenvalue weighted by Crippen LogP contribution is 2.05. The third kappa shape index (κ3) is 2.92. The van der Waals surface area contributed by atoms with Crippen LogP contribution >= 0.6 is 0 Å². The van der Waals surface area contributed by atoms with Crippen molar-refractivity contribution in [3.05, 3.63) is 35.7 Å². The Kier molecular flexibility index (Phi) is 3.52. The molecule has 1 N–H and O–H groups in total. The Morgan fingerprint density at radius 1 is 1.59 bits per heavy atom. The molecule has 0 aliphatic heterocycles. The van der Waals surface area contributed by atoms with Crippen LogP contribution in [0.5, 0.6) is 0 Å². The number of nitrogens with zero attached hydrogens (tertiary/aromatic N) is 4. The molecule has 6 heteroatoms. The summed E-state index contributed by atoms with van der Waals surface area (Å²) < 4.78 is 6.69. The molecule has 0 bridgehead atoms. The lowest BCUT2D eigenvalue weighted by Gasteiger charge is -1.99. The third-order valence-electron chi connectivity index (χ3n) is 2.43. The van der Waals surface area contributed by atoms with Gasteiger partial charge in [0.1, 0.15) is 11.8 Å². The molecule has 2 rings (SSSR count). The number of nitriles is 1. The van der Waals surface area contributed by atoms with Crippen molar-refractivity contribution in [1.29, 1.82) is 5.26 Å². The van der Waals surface area contributed by atoms with Gasteiger partial charge in [-0.15, -0.1) is 0 Å². The van der Waals surface area contributed by atoms with Crippen molar-refractivity contribution in [2.75, 3.05) is 6.54 Å². The lowest BCUT2D eigenvalue weighted by atomic mass is 10.3. The Balaban J connectivity index is 1.76. The monoisotopic (exact) mass is 231 g/mol. The number of hydrogen-bond donors (Lipinski definition) is 1. The maximum absolute atomic E-state index is 8.81. The molecule has 0 saturated carbocycles. The average Bonchev–Trinajstić information content (AvgIpc) is 2.94. The Morgan fingerprint density at radius 3 is 3.12 bits per heavy atom. The molecule has 0 aromatic carbocycles. The van der Waals surface area contributed by atoms with Gasteiger partial charge in [-0.3, -0.25) is 0 Å². The van der Waals surface area contributed by atoms with Crippen LogP contribution in [0.25, 0.3) is 0 Å². The van der Waals surface area contributed by atoms with Crippen molar-refractivity contribution in [1.82, 2.24) is 20.0 Å². The molecule has 2 aromatic heterocycles. The van der Waals surface area contributed by atoms with E-state index in [1.54, 1.807) is 0 Å². The van der Waals surface area contributed by atoms with Gasteiger partial charge >= 0.3 is 0 Å². The predicted octanol–water partition coefficient (Wildman–Crippen LogP) is 0.612. The van der Waals surface area contributed by atoms with E-state index < -0.39 is 0 Å². The highest BCUT2D eigenvalue weighted by molar-refractivity contribution is 5.28. The first-order valence-corrected chi connectivity index (χ1v) is 5.31. The van der Waals surface area contributed by atoms with Gasteiger partial charge in [-0.2, -0.15) is 10.2 Å². The second-order valence-electron chi connectivity index (χ2n) is 3.72. The Bertz CT molecular complexity index is 508. The summed E-state index contributed by atoms with van der Waals surface area (Å²) in [6, 6.07) is 4.01. The second-order valence-corrected chi connectivity index (χ2v) is 3.72. The van der Waals surface area contributed by atoms with Crippen molar-refractivity contribution in [2.24, 2.45) is 7.05 Å². The lowest BCUT2D eigenvalue weighted by Crippen LogP contribution is -2.16. The number of rotatable bonds is 5. The summed E-state index contributed by atoms with van der Waals surface area (Å²) in [5.74, 6) is 0.628. The van der Waals surface area contributed by atoms with Crippen molar-refractivity contribution in [3.63, 3.8) is 0 Å². The summed E-state index contributed by atoms with van der Waals surface area (Å²) in [4.78, 5) is 3.93. The number of aromatic nitrogens is 3. The van der Waals surface area contributed by atoms with E-state index in [1.807, 2.05) is 23.9 Å². The SMILES string of the molecule is Cn1cc(CNCCc2ncno2)cc1C#N. The van der Waals surface area contributed by atoms with Crippen molar-refractivity contribution >= 4 is 0 Å². The molecule has 0 unspecified atom stereocenters. The Morgan fingerprint density at radius 2 is 2.47 bits per heavy atom. The fourth-order valence-electron chi connectivity index (χ4n) is 1.57. The molecule has 0 fully saturated rings. The summed E-state index contributed by atoms with van der Waals surface area (Å²) in [6.45, 7) is 1.49. The normalized spacial score (nSPS) is 10.4. The predicted molar refractivity (Wildman–Crippen MR) is 59.8 cm³/mol. The maximum atomic E-state index is 8.81. The van der Waals surface area contributed by atoms with Crippen molar-refractivity contribution < 1.29 is 4.52 Å². The fourth-order valence-corrected chi connectivity index (χ4v) is 1.57. The zero-order valence-electron chi connectivity index (χ0n) is 9.55. The minimum atomic E-state index is 0.628. The Labute approximate surface area is 98.9 Å². The molecular weight excluding hydrogens is 218 g/mol. The lowest BCUT2D eigenvalue weighted by molar-refractivity contribution is 0.375. The quantitative estimate of drug-likeness (QED) is 0.763. The van der Waals surface area contributed by atoms with E-state index in [-0.39, 0.29) is 0 Å². The van der Waals surface area contributed by atoms with Crippen LogP contribution in [0.1, 0.15) is 17.1 Å². The van der Waals surface area contributed by atoms with Gasteiger partial charge in [0.05, 0.1) is 0 Å². The van der Waals surface area contributed by atoms with Crippen LogP contribution in [0.2, 0.25) is 0 Å². The van der Waals surface area contributed by atoms with E-state index in [9.17, 15) is 0 Å². The summed E-state index contributed by atoms with van der Waals surface area (Å²) in [6.07, 6.45) is 4.04. The third-order valence-corrected chi connectivity index (χ3v) is 2.43. The molecular formula is C11H13N5O. The molecule has 17 heavy (non-hydrogen) atoms. The van der Waals surface area contributed by atoms with Gasteiger partial charge in [0.25, 0.3) is 0 Å². The van der Waals surface area contributed by atoms with E-state index >= 15 is 0 Å². The first kappa shape index (κ1) is 11.4. The van der Waals surface area contributed by atoms with Gasteiger partial charge in [0.15, 0.2) is 6.33 Å². The topological polar surface area (TPSA) is 79.7 Å². The first-order valence-electron chi connectivity index (χ1n) is 5.31. The molecule has 2 aromatic rings. The summed E-state index contributed by atoms with van der Waals surface area (Å²) in [7, 11) is 1.86. The van der Waals surface area contributed by atoms with E-state index in [0.717, 1.165) is 18.7 Å². The van der Waals surface area contributed by atoms with Gasteiger partial charge in [-0.25, -0.2) is 0 Å². The summed E-state index contributed by atoms with van der Waals surface area (Å²) in [5.41, 5.74) is 1.76. The van der Waals surface area contributed by atoms with Crippen LogP contribution in [0, 0.1) is 11.3 Å². The van der Waals surface area contributed by atoms with E-state index in [1.165, 1.54) is 6.33 Å². The minimum absolute atomic E-state index is 0.628. The van der Waals surface area contributed by atoms with Crippen LogP contribution in [0.15, 0.2) is 23.1 Å². The van der Waals surface area contributed by atoms with Crippen LogP contribution in [0.3, 0.4) is 0 Å². The summed E-state index contributed by atoms with van der Waals surface area (Å²) in [5, 5.41) is 15.6. The van der Waals surface area contributed by atoms with Gasteiger partial charge in [-0.05, 0) is 11.6 Å². The minimum Gasteiger partial charge on any atom is -0.342 e. The van der Waals surface area contributed by atoms with Gasteiger partial charge < -0.3 is 14.4 Å². The fraction of sp³-hybridized carbons (Fsp3) is 0.364. The molecule has 88 valence electrons. The van der Waals surface area contributed by atoms with Crippen LogP contribution < -0.4 is 5.32 Å². The molecule has 0 radical (unpaired) electrons.